The van der Waals surface area contributed by atoms with Crippen LogP contribution in [0.1, 0.15) is 0 Å². The van der Waals surface area contributed by atoms with Gasteiger partial charge in [-0.25, -0.2) is 4.98 Å². The van der Waals surface area contributed by atoms with Gasteiger partial charge in [-0.15, -0.1) is 0 Å². The highest BCUT2D eigenvalue weighted by Crippen LogP contribution is 2.24. The second kappa shape index (κ2) is 3.28. The zero-order valence-corrected chi connectivity index (χ0v) is 8.98. The van der Waals surface area contributed by atoms with Crippen LogP contribution in [0.25, 0.3) is 17.1 Å². The van der Waals surface area contributed by atoms with E-state index < -0.39 is 0 Å². The van der Waals surface area contributed by atoms with Crippen LogP contribution in [0.2, 0.25) is 5.02 Å². The number of pyridine rings is 1. The van der Waals surface area contributed by atoms with Gasteiger partial charge in [0.1, 0.15) is 5.69 Å². The van der Waals surface area contributed by atoms with Crippen LogP contribution < -0.4 is 5.73 Å². The van der Waals surface area contributed by atoms with Crippen LogP contribution in [0, 0.1) is 0 Å². The molecule has 16 heavy (non-hydrogen) atoms. The van der Waals surface area contributed by atoms with E-state index in [1.54, 1.807) is 22.9 Å². The number of furan rings is 1. The second-order valence-corrected chi connectivity index (χ2v) is 3.88. The summed E-state index contributed by atoms with van der Waals surface area (Å²) in [4.78, 5) is 4.38. The normalized spacial score (nSPS) is 11.1. The van der Waals surface area contributed by atoms with Gasteiger partial charge in [0.05, 0.1) is 17.0 Å². The van der Waals surface area contributed by atoms with Gasteiger partial charge in [-0.3, -0.25) is 0 Å². The molecule has 0 aliphatic carbocycles. The van der Waals surface area contributed by atoms with Crippen LogP contribution in [-0.4, -0.2) is 9.38 Å². The van der Waals surface area contributed by atoms with Gasteiger partial charge in [0, 0.05) is 12.4 Å². The minimum Gasteiger partial charge on any atom is -0.463 e. The van der Waals surface area contributed by atoms with Crippen molar-refractivity contribution in [1.82, 2.24) is 9.38 Å². The molecule has 0 saturated carbocycles. The number of aromatic nitrogens is 2. The highest BCUT2D eigenvalue weighted by atomic mass is 35.5. The van der Waals surface area contributed by atoms with Gasteiger partial charge >= 0.3 is 0 Å². The van der Waals surface area contributed by atoms with E-state index in [-0.39, 0.29) is 0 Å². The highest BCUT2D eigenvalue weighted by molar-refractivity contribution is 6.30. The molecule has 0 unspecified atom stereocenters. The summed E-state index contributed by atoms with van der Waals surface area (Å²) >= 11 is 5.91. The Morgan fingerprint density at radius 1 is 1.38 bits per heavy atom. The zero-order chi connectivity index (χ0) is 11.1. The number of hydrogen-bond acceptors (Lipinski definition) is 3. The zero-order valence-electron chi connectivity index (χ0n) is 8.22. The lowest BCUT2D eigenvalue weighted by Gasteiger charge is -1.97. The fraction of sp³-hybridized carbons (Fsp3) is 0. The van der Waals surface area contributed by atoms with Crippen molar-refractivity contribution in [1.29, 1.82) is 0 Å². The second-order valence-electron chi connectivity index (χ2n) is 3.45. The maximum atomic E-state index is 5.91. The van der Waals surface area contributed by atoms with Gasteiger partial charge in [-0.1, -0.05) is 11.6 Å². The fourth-order valence-corrected chi connectivity index (χ4v) is 1.85. The Bertz CT molecular complexity index is 643. The molecule has 0 spiro atoms. The highest BCUT2D eigenvalue weighted by Gasteiger charge is 2.09. The number of nitrogens with zero attached hydrogens (tertiary/aromatic N) is 2. The summed E-state index contributed by atoms with van der Waals surface area (Å²) in [5, 5.41) is 0.577. The predicted octanol–water partition coefficient (Wildman–Crippen LogP) is 2.83. The Hall–Kier alpha value is -1.94. The Balaban J connectivity index is 2.27. The van der Waals surface area contributed by atoms with Crippen LogP contribution in [-0.2, 0) is 0 Å². The molecule has 0 fully saturated rings. The van der Waals surface area contributed by atoms with E-state index in [9.17, 15) is 0 Å². The van der Waals surface area contributed by atoms with Gasteiger partial charge in [0.2, 0.25) is 0 Å². The number of halogens is 1. The van der Waals surface area contributed by atoms with Crippen LogP contribution >= 0.6 is 11.6 Å². The number of hydrogen-bond donors (Lipinski definition) is 1. The van der Waals surface area contributed by atoms with E-state index >= 15 is 0 Å². The number of nitrogens with two attached hydrogens (primary N) is 1. The van der Waals surface area contributed by atoms with Gasteiger partial charge in [-0.05, 0) is 18.2 Å². The topological polar surface area (TPSA) is 56.5 Å². The molecule has 0 aliphatic rings. The van der Waals surface area contributed by atoms with Gasteiger partial charge in [0.15, 0.2) is 11.4 Å². The van der Waals surface area contributed by atoms with Gasteiger partial charge in [0.25, 0.3) is 0 Å². The Morgan fingerprint density at radius 3 is 3.00 bits per heavy atom. The molecule has 0 aromatic carbocycles. The molecule has 0 amide bonds. The van der Waals surface area contributed by atoms with E-state index in [0.29, 0.717) is 22.1 Å². The largest absolute Gasteiger partial charge is 0.463 e. The lowest BCUT2D eigenvalue weighted by atomic mass is 10.4. The number of nitrogen functional groups attached to an aromatic ring is 1. The van der Waals surface area contributed by atoms with Gasteiger partial charge < -0.3 is 14.6 Å². The van der Waals surface area contributed by atoms with Crippen LogP contribution in [0.15, 0.2) is 41.3 Å². The van der Waals surface area contributed by atoms with Crippen molar-refractivity contribution < 1.29 is 4.42 Å². The fourth-order valence-electron chi connectivity index (χ4n) is 1.63. The molecule has 80 valence electrons. The first kappa shape index (κ1) is 9.30. The minimum atomic E-state index is 0.547. The molecule has 3 rings (SSSR count). The molecular formula is C11H8ClN3O. The molecule has 2 N–H and O–H groups in total. The van der Waals surface area contributed by atoms with Crippen molar-refractivity contribution in [2.24, 2.45) is 0 Å². The molecule has 3 aromatic heterocycles. The molecule has 4 nitrogen and oxygen atoms in total. The monoisotopic (exact) mass is 233 g/mol. The lowest BCUT2D eigenvalue weighted by Crippen LogP contribution is -1.91. The SMILES string of the molecule is Nc1cc(Cl)cn2cc(-c3ccco3)nc12. The quantitative estimate of drug-likeness (QED) is 0.703. The van der Waals surface area contributed by atoms with Crippen LogP contribution in [0.4, 0.5) is 5.69 Å². The Labute approximate surface area is 96.3 Å². The summed E-state index contributed by atoms with van der Waals surface area (Å²) in [5.74, 6) is 0.708. The summed E-state index contributed by atoms with van der Waals surface area (Å²) in [6.07, 6.45) is 5.19. The van der Waals surface area contributed by atoms with Crippen molar-refractivity contribution in [3.63, 3.8) is 0 Å². The lowest BCUT2D eigenvalue weighted by molar-refractivity contribution is 0.580. The van der Waals surface area contributed by atoms with Crippen molar-refractivity contribution in [3.8, 4) is 11.5 Å². The van der Waals surface area contributed by atoms with Gasteiger partial charge in [-0.2, -0.15) is 0 Å². The van der Waals surface area contributed by atoms with E-state index in [1.807, 2.05) is 18.3 Å². The molecule has 0 saturated heterocycles. The third-order valence-corrected chi connectivity index (χ3v) is 2.53. The molecule has 0 bridgehead atoms. The Kier molecular flexibility index (Phi) is 1.91. The first-order valence-electron chi connectivity index (χ1n) is 4.71. The summed E-state index contributed by atoms with van der Waals surface area (Å²) in [7, 11) is 0. The molecule has 5 heteroatoms. The predicted molar refractivity (Wildman–Crippen MR) is 62.3 cm³/mol. The summed E-state index contributed by atoms with van der Waals surface area (Å²) in [6.45, 7) is 0. The molecule has 3 aromatic rings. The van der Waals surface area contributed by atoms with Crippen molar-refractivity contribution in [3.05, 3.63) is 41.9 Å². The van der Waals surface area contributed by atoms with E-state index in [0.717, 1.165) is 5.69 Å². The average Bonchev–Trinajstić information content (AvgIpc) is 2.82. The van der Waals surface area contributed by atoms with E-state index in [4.69, 9.17) is 21.8 Å². The number of fused-ring (bicyclic) bond motifs is 1. The maximum absolute atomic E-state index is 5.91. The summed E-state index contributed by atoms with van der Waals surface area (Å²) in [5.41, 5.74) is 7.78. The van der Waals surface area contributed by atoms with E-state index in [2.05, 4.69) is 4.98 Å². The molecule has 0 atom stereocenters. The maximum Gasteiger partial charge on any atom is 0.160 e. The summed E-state index contributed by atoms with van der Waals surface area (Å²) in [6, 6.07) is 5.34. The molecule has 0 radical (unpaired) electrons. The summed E-state index contributed by atoms with van der Waals surface area (Å²) < 4.78 is 7.06. The molecule has 0 aliphatic heterocycles. The minimum absolute atomic E-state index is 0.547. The molecule has 3 heterocycles. The number of anilines is 1. The standard InChI is InChI=1S/C11H8ClN3O/c12-7-4-8(13)11-14-9(6-15(11)5-7)10-2-1-3-16-10/h1-6H,13H2. The van der Waals surface area contributed by atoms with Crippen molar-refractivity contribution in [2.75, 3.05) is 5.73 Å². The Morgan fingerprint density at radius 2 is 2.25 bits per heavy atom. The van der Waals surface area contributed by atoms with E-state index in [1.165, 1.54) is 0 Å². The first-order valence-corrected chi connectivity index (χ1v) is 5.09. The van der Waals surface area contributed by atoms with Crippen molar-refractivity contribution in [2.45, 2.75) is 0 Å². The molecular weight excluding hydrogens is 226 g/mol. The first-order chi connectivity index (χ1) is 7.74. The van der Waals surface area contributed by atoms with Crippen LogP contribution in [0.3, 0.4) is 0 Å². The van der Waals surface area contributed by atoms with Crippen molar-refractivity contribution >= 4 is 22.9 Å². The number of rotatable bonds is 1. The third kappa shape index (κ3) is 1.35. The third-order valence-electron chi connectivity index (χ3n) is 2.32. The number of imidazole rings is 1. The average molecular weight is 234 g/mol. The smallest absolute Gasteiger partial charge is 0.160 e. The van der Waals surface area contributed by atoms with Crippen LogP contribution in [0.5, 0.6) is 0 Å².